The highest BCUT2D eigenvalue weighted by atomic mass is 35.5. The molecule has 0 spiro atoms. The SMILES string of the molecule is O=C(Nc1cccc(N2CCCC2=O)c1)c1ccc(Cl)c(NS(=O)(=O)c2ccc(F)cc2)c1. The van der Waals surface area contributed by atoms with Crippen molar-refractivity contribution in [3.05, 3.63) is 83.1 Å². The first kappa shape index (κ1) is 22.8. The first-order valence-electron chi connectivity index (χ1n) is 10.0. The summed E-state index contributed by atoms with van der Waals surface area (Å²) in [5.41, 5.74) is 1.35. The van der Waals surface area contributed by atoms with E-state index in [1.54, 1.807) is 29.2 Å². The third kappa shape index (κ3) is 5.15. The molecule has 3 aromatic rings. The summed E-state index contributed by atoms with van der Waals surface area (Å²) in [5, 5.41) is 2.84. The average Bonchev–Trinajstić information content (AvgIpc) is 3.21. The molecule has 3 aromatic carbocycles. The van der Waals surface area contributed by atoms with Crippen LogP contribution in [0.3, 0.4) is 0 Å². The zero-order chi connectivity index (χ0) is 23.6. The fourth-order valence-corrected chi connectivity index (χ4v) is 4.73. The van der Waals surface area contributed by atoms with Crippen molar-refractivity contribution >= 4 is 50.5 Å². The molecule has 0 bridgehead atoms. The van der Waals surface area contributed by atoms with Crippen molar-refractivity contribution in [2.45, 2.75) is 17.7 Å². The molecule has 1 saturated heterocycles. The van der Waals surface area contributed by atoms with Gasteiger partial charge in [0, 0.05) is 29.9 Å². The fraction of sp³-hybridized carbons (Fsp3) is 0.130. The Morgan fingerprint density at radius 2 is 1.79 bits per heavy atom. The summed E-state index contributed by atoms with van der Waals surface area (Å²) >= 11 is 6.13. The van der Waals surface area contributed by atoms with Crippen LogP contribution in [0.1, 0.15) is 23.2 Å². The van der Waals surface area contributed by atoms with E-state index in [0.717, 1.165) is 30.7 Å². The molecule has 1 aliphatic heterocycles. The molecule has 1 fully saturated rings. The smallest absolute Gasteiger partial charge is 0.261 e. The molecule has 7 nitrogen and oxygen atoms in total. The minimum atomic E-state index is -4.04. The molecule has 0 unspecified atom stereocenters. The summed E-state index contributed by atoms with van der Waals surface area (Å²) in [7, 11) is -4.04. The van der Waals surface area contributed by atoms with Crippen molar-refractivity contribution in [3.8, 4) is 0 Å². The van der Waals surface area contributed by atoms with Gasteiger partial charge in [-0.2, -0.15) is 0 Å². The predicted molar refractivity (Wildman–Crippen MR) is 125 cm³/mol. The highest BCUT2D eigenvalue weighted by Crippen LogP contribution is 2.28. The maximum atomic E-state index is 13.1. The van der Waals surface area contributed by atoms with E-state index in [0.29, 0.717) is 24.3 Å². The molecule has 10 heteroatoms. The van der Waals surface area contributed by atoms with E-state index in [2.05, 4.69) is 10.0 Å². The van der Waals surface area contributed by atoms with Crippen LogP contribution in [0.25, 0.3) is 0 Å². The van der Waals surface area contributed by atoms with Crippen LogP contribution in [-0.2, 0) is 14.8 Å². The van der Waals surface area contributed by atoms with E-state index < -0.39 is 21.7 Å². The van der Waals surface area contributed by atoms with E-state index in [-0.39, 0.29) is 27.1 Å². The first-order chi connectivity index (χ1) is 15.7. The molecular weight excluding hydrogens is 469 g/mol. The minimum Gasteiger partial charge on any atom is -0.322 e. The van der Waals surface area contributed by atoms with Crippen LogP contribution in [0.4, 0.5) is 21.5 Å². The number of rotatable bonds is 6. The molecule has 0 aromatic heterocycles. The summed E-state index contributed by atoms with van der Waals surface area (Å²) in [6.07, 6.45) is 1.29. The van der Waals surface area contributed by atoms with E-state index in [1.807, 2.05) is 0 Å². The lowest BCUT2D eigenvalue weighted by atomic mass is 10.2. The van der Waals surface area contributed by atoms with Gasteiger partial charge < -0.3 is 10.2 Å². The van der Waals surface area contributed by atoms with Crippen molar-refractivity contribution in [3.63, 3.8) is 0 Å². The monoisotopic (exact) mass is 487 g/mol. The van der Waals surface area contributed by atoms with E-state index in [4.69, 9.17) is 11.6 Å². The highest BCUT2D eigenvalue weighted by Gasteiger charge is 2.22. The number of sulfonamides is 1. The van der Waals surface area contributed by atoms with Crippen LogP contribution < -0.4 is 14.9 Å². The summed E-state index contributed by atoms with van der Waals surface area (Å²) < 4.78 is 40.6. The fourth-order valence-electron chi connectivity index (χ4n) is 3.44. The van der Waals surface area contributed by atoms with Gasteiger partial charge in [-0.25, -0.2) is 12.8 Å². The number of anilines is 3. The minimum absolute atomic E-state index is 0.00468. The number of nitrogens with zero attached hydrogens (tertiary/aromatic N) is 1. The molecule has 170 valence electrons. The average molecular weight is 488 g/mol. The zero-order valence-corrected chi connectivity index (χ0v) is 18.8. The number of hydrogen-bond acceptors (Lipinski definition) is 4. The summed E-state index contributed by atoms with van der Waals surface area (Å²) in [6, 6.07) is 15.4. The van der Waals surface area contributed by atoms with Gasteiger partial charge in [0.2, 0.25) is 5.91 Å². The normalized spacial score (nSPS) is 13.8. The van der Waals surface area contributed by atoms with Gasteiger partial charge in [-0.3, -0.25) is 14.3 Å². The van der Waals surface area contributed by atoms with Crippen LogP contribution >= 0.6 is 11.6 Å². The molecule has 0 radical (unpaired) electrons. The maximum Gasteiger partial charge on any atom is 0.261 e. The number of amides is 2. The first-order valence-corrected chi connectivity index (χ1v) is 11.9. The summed E-state index contributed by atoms with van der Waals surface area (Å²) in [4.78, 5) is 26.3. The highest BCUT2D eigenvalue weighted by molar-refractivity contribution is 7.92. The second kappa shape index (κ2) is 9.21. The summed E-state index contributed by atoms with van der Waals surface area (Å²) in [5.74, 6) is -1.02. The standard InChI is InChI=1S/C23H19ClFN3O4S/c24-20-11-6-15(13-21(20)27-33(31,32)19-9-7-16(25)8-10-19)23(30)26-17-3-1-4-18(14-17)28-12-2-5-22(28)29/h1,3-4,6-11,13-14,27H,2,5,12H2,(H,26,30). The Morgan fingerprint density at radius 1 is 1.03 bits per heavy atom. The van der Waals surface area contributed by atoms with Gasteiger partial charge in [-0.05, 0) is 67.1 Å². The van der Waals surface area contributed by atoms with Crippen LogP contribution in [-0.4, -0.2) is 26.8 Å². The van der Waals surface area contributed by atoms with E-state index >= 15 is 0 Å². The second-order valence-corrected chi connectivity index (χ2v) is 9.50. The molecule has 1 aliphatic rings. The second-order valence-electron chi connectivity index (χ2n) is 7.41. The Bertz CT molecular complexity index is 1330. The molecular formula is C23H19ClFN3O4S. The van der Waals surface area contributed by atoms with Crippen molar-refractivity contribution in [2.24, 2.45) is 0 Å². The largest absolute Gasteiger partial charge is 0.322 e. The van der Waals surface area contributed by atoms with Crippen molar-refractivity contribution in [1.82, 2.24) is 0 Å². The molecule has 0 atom stereocenters. The number of carbonyl (C=O) groups is 2. The Labute approximate surface area is 195 Å². The molecule has 33 heavy (non-hydrogen) atoms. The number of nitrogens with one attached hydrogen (secondary N) is 2. The molecule has 0 saturated carbocycles. The quantitative estimate of drug-likeness (QED) is 0.528. The number of hydrogen-bond donors (Lipinski definition) is 2. The van der Waals surface area contributed by atoms with Crippen LogP contribution in [0.15, 0.2) is 71.6 Å². The topological polar surface area (TPSA) is 95.6 Å². The van der Waals surface area contributed by atoms with Crippen molar-refractivity contribution < 1.29 is 22.4 Å². The Kier molecular flexibility index (Phi) is 6.35. The van der Waals surface area contributed by atoms with Gasteiger partial charge >= 0.3 is 0 Å². The molecule has 2 amide bonds. The maximum absolute atomic E-state index is 13.1. The Morgan fingerprint density at radius 3 is 2.48 bits per heavy atom. The lowest BCUT2D eigenvalue weighted by Gasteiger charge is -2.17. The van der Waals surface area contributed by atoms with Gasteiger partial charge in [-0.15, -0.1) is 0 Å². The Balaban J connectivity index is 1.53. The predicted octanol–water partition coefficient (Wildman–Crippen LogP) is 4.66. The van der Waals surface area contributed by atoms with Gasteiger partial charge in [-0.1, -0.05) is 17.7 Å². The number of carbonyl (C=O) groups excluding carboxylic acids is 2. The van der Waals surface area contributed by atoms with Crippen LogP contribution in [0, 0.1) is 5.82 Å². The Hall–Kier alpha value is -3.43. The van der Waals surface area contributed by atoms with Crippen molar-refractivity contribution in [2.75, 3.05) is 21.5 Å². The van der Waals surface area contributed by atoms with Gasteiger partial charge in [0.25, 0.3) is 15.9 Å². The third-order valence-corrected chi connectivity index (χ3v) is 6.80. The van der Waals surface area contributed by atoms with E-state index in [1.165, 1.54) is 18.2 Å². The van der Waals surface area contributed by atoms with Gasteiger partial charge in [0.1, 0.15) is 5.82 Å². The number of halogens is 2. The molecule has 2 N–H and O–H groups in total. The van der Waals surface area contributed by atoms with Gasteiger partial charge in [0.15, 0.2) is 0 Å². The molecule has 0 aliphatic carbocycles. The van der Waals surface area contributed by atoms with Crippen LogP contribution in [0.5, 0.6) is 0 Å². The van der Waals surface area contributed by atoms with Gasteiger partial charge in [0.05, 0.1) is 15.6 Å². The molecule has 4 rings (SSSR count). The number of benzene rings is 3. The lowest BCUT2D eigenvalue weighted by Crippen LogP contribution is -2.23. The lowest BCUT2D eigenvalue weighted by molar-refractivity contribution is -0.117. The zero-order valence-electron chi connectivity index (χ0n) is 17.2. The van der Waals surface area contributed by atoms with E-state index in [9.17, 15) is 22.4 Å². The van der Waals surface area contributed by atoms with Crippen molar-refractivity contribution in [1.29, 1.82) is 0 Å². The summed E-state index contributed by atoms with van der Waals surface area (Å²) in [6.45, 7) is 0.630. The molecule has 1 heterocycles. The van der Waals surface area contributed by atoms with Crippen LogP contribution in [0.2, 0.25) is 5.02 Å². The third-order valence-electron chi connectivity index (χ3n) is 5.09.